The number of ether oxygens (including phenoxy) is 3. The number of amides is 1. The van der Waals surface area contributed by atoms with Crippen molar-refractivity contribution < 1.29 is 19.0 Å². The van der Waals surface area contributed by atoms with E-state index in [1.807, 2.05) is 29.2 Å². The molecule has 28 heavy (non-hydrogen) atoms. The zero-order chi connectivity index (χ0) is 19.9. The number of halogens is 1. The number of carbonyl (C=O) groups is 1. The fourth-order valence-corrected chi connectivity index (χ4v) is 3.28. The summed E-state index contributed by atoms with van der Waals surface area (Å²) in [7, 11) is 3.15. The predicted octanol–water partition coefficient (Wildman–Crippen LogP) is 3.19. The molecule has 0 aromatic heterocycles. The van der Waals surface area contributed by atoms with E-state index in [9.17, 15) is 4.79 Å². The molecule has 1 saturated heterocycles. The molecule has 0 radical (unpaired) electrons. The van der Waals surface area contributed by atoms with Crippen molar-refractivity contribution in [1.29, 1.82) is 0 Å². The summed E-state index contributed by atoms with van der Waals surface area (Å²) in [5.74, 6) is 1.97. The van der Waals surface area contributed by atoms with Crippen molar-refractivity contribution in [1.82, 2.24) is 9.80 Å². The highest BCUT2D eigenvalue weighted by Crippen LogP contribution is 2.25. The molecule has 0 aliphatic carbocycles. The van der Waals surface area contributed by atoms with E-state index in [-0.39, 0.29) is 5.91 Å². The Kier molecular flexibility index (Phi) is 7.01. The van der Waals surface area contributed by atoms with Crippen LogP contribution in [0.4, 0.5) is 0 Å². The fourth-order valence-electron chi connectivity index (χ4n) is 3.15. The SMILES string of the molecule is COc1ccc(OC)c(C(=O)N2CCN(CCOc3ccc(Cl)cc3)CC2)c1. The topological polar surface area (TPSA) is 51.2 Å². The Labute approximate surface area is 170 Å². The first kappa shape index (κ1) is 20.3. The number of carbonyl (C=O) groups excluding carboxylic acids is 1. The van der Waals surface area contributed by atoms with Crippen LogP contribution in [-0.4, -0.2) is 69.3 Å². The Morgan fingerprint density at radius 2 is 1.64 bits per heavy atom. The third-order valence-electron chi connectivity index (χ3n) is 4.79. The predicted molar refractivity (Wildman–Crippen MR) is 109 cm³/mol. The third kappa shape index (κ3) is 5.09. The van der Waals surface area contributed by atoms with Crippen LogP contribution in [-0.2, 0) is 0 Å². The standard InChI is InChI=1S/C21H25ClN2O4/c1-26-18-7-8-20(27-2)19(15-18)21(25)24-11-9-23(10-12-24)13-14-28-17-5-3-16(22)4-6-17/h3-8,15H,9-14H2,1-2H3. The van der Waals surface area contributed by atoms with Crippen molar-refractivity contribution in [3.05, 3.63) is 53.1 Å². The molecule has 0 bridgehead atoms. The summed E-state index contributed by atoms with van der Waals surface area (Å²) in [6.07, 6.45) is 0. The van der Waals surface area contributed by atoms with Crippen LogP contribution in [0.15, 0.2) is 42.5 Å². The molecule has 1 fully saturated rings. The average molecular weight is 405 g/mol. The second-order valence-corrected chi connectivity index (χ2v) is 6.94. The van der Waals surface area contributed by atoms with Gasteiger partial charge in [0.15, 0.2) is 0 Å². The van der Waals surface area contributed by atoms with E-state index >= 15 is 0 Å². The molecular formula is C21H25ClN2O4. The van der Waals surface area contributed by atoms with E-state index < -0.39 is 0 Å². The molecule has 1 aliphatic heterocycles. The smallest absolute Gasteiger partial charge is 0.257 e. The molecule has 7 heteroatoms. The summed E-state index contributed by atoms with van der Waals surface area (Å²) in [5.41, 5.74) is 0.529. The first-order chi connectivity index (χ1) is 13.6. The Morgan fingerprint density at radius 1 is 0.964 bits per heavy atom. The van der Waals surface area contributed by atoms with Gasteiger partial charge in [-0.2, -0.15) is 0 Å². The number of methoxy groups -OCH3 is 2. The molecule has 3 rings (SSSR count). The van der Waals surface area contributed by atoms with E-state index in [0.29, 0.717) is 41.8 Å². The van der Waals surface area contributed by atoms with Gasteiger partial charge in [-0.1, -0.05) is 11.6 Å². The summed E-state index contributed by atoms with van der Waals surface area (Å²) in [4.78, 5) is 17.1. The zero-order valence-electron chi connectivity index (χ0n) is 16.2. The van der Waals surface area contributed by atoms with Gasteiger partial charge in [-0.25, -0.2) is 0 Å². The second kappa shape index (κ2) is 9.66. The molecule has 0 spiro atoms. The van der Waals surface area contributed by atoms with Crippen LogP contribution in [0.2, 0.25) is 5.02 Å². The summed E-state index contributed by atoms with van der Waals surface area (Å²) in [5, 5.41) is 0.695. The lowest BCUT2D eigenvalue weighted by molar-refractivity contribution is 0.0617. The fraction of sp³-hybridized carbons (Fsp3) is 0.381. The Bertz CT molecular complexity index is 789. The number of nitrogens with zero attached hydrogens (tertiary/aromatic N) is 2. The minimum Gasteiger partial charge on any atom is -0.497 e. The van der Waals surface area contributed by atoms with Crippen molar-refractivity contribution in [2.75, 3.05) is 53.6 Å². The Morgan fingerprint density at radius 3 is 2.29 bits per heavy atom. The summed E-state index contributed by atoms with van der Waals surface area (Å²) < 4.78 is 16.3. The molecule has 0 saturated carbocycles. The molecule has 1 amide bonds. The van der Waals surface area contributed by atoms with E-state index in [2.05, 4.69) is 4.90 Å². The summed E-state index contributed by atoms with van der Waals surface area (Å²) in [6.45, 7) is 4.36. The molecule has 150 valence electrons. The Hall–Kier alpha value is -2.44. The minimum absolute atomic E-state index is 0.0344. The highest BCUT2D eigenvalue weighted by molar-refractivity contribution is 6.30. The highest BCUT2D eigenvalue weighted by atomic mass is 35.5. The first-order valence-corrected chi connectivity index (χ1v) is 9.60. The van der Waals surface area contributed by atoms with Crippen molar-refractivity contribution in [2.45, 2.75) is 0 Å². The van der Waals surface area contributed by atoms with Crippen molar-refractivity contribution in [3.63, 3.8) is 0 Å². The summed E-state index contributed by atoms with van der Waals surface area (Å²) in [6, 6.07) is 12.6. The van der Waals surface area contributed by atoms with Crippen LogP contribution in [0.3, 0.4) is 0 Å². The largest absolute Gasteiger partial charge is 0.497 e. The Balaban J connectivity index is 1.49. The molecule has 0 atom stereocenters. The van der Waals surface area contributed by atoms with Gasteiger partial charge >= 0.3 is 0 Å². The highest BCUT2D eigenvalue weighted by Gasteiger charge is 2.24. The van der Waals surface area contributed by atoms with Gasteiger partial charge in [0.25, 0.3) is 5.91 Å². The van der Waals surface area contributed by atoms with Gasteiger partial charge in [-0.15, -0.1) is 0 Å². The lowest BCUT2D eigenvalue weighted by Crippen LogP contribution is -2.49. The molecule has 2 aromatic carbocycles. The van der Waals surface area contributed by atoms with Crippen molar-refractivity contribution in [3.8, 4) is 17.2 Å². The third-order valence-corrected chi connectivity index (χ3v) is 5.04. The number of benzene rings is 2. The van der Waals surface area contributed by atoms with Crippen molar-refractivity contribution >= 4 is 17.5 Å². The van der Waals surface area contributed by atoms with E-state index in [1.165, 1.54) is 0 Å². The van der Waals surface area contributed by atoms with Gasteiger partial charge in [0, 0.05) is 37.7 Å². The monoisotopic (exact) mass is 404 g/mol. The average Bonchev–Trinajstić information content (AvgIpc) is 2.74. The number of rotatable bonds is 7. The van der Waals surface area contributed by atoms with Crippen LogP contribution >= 0.6 is 11.6 Å². The van der Waals surface area contributed by atoms with Gasteiger partial charge in [0.05, 0.1) is 19.8 Å². The molecule has 6 nitrogen and oxygen atoms in total. The van der Waals surface area contributed by atoms with Crippen LogP contribution in [0.1, 0.15) is 10.4 Å². The van der Waals surface area contributed by atoms with Gasteiger partial charge < -0.3 is 19.1 Å². The number of piperazine rings is 1. The van der Waals surface area contributed by atoms with Gasteiger partial charge in [-0.05, 0) is 42.5 Å². The van der Waals surface area contributed by atoms with Crippen LogP contribution in [0.25, 0.3) is 0 Å². The normalized spacial score (nSPS) is 14.6. The number of hydrogen-bond acceptors (Lipinski definition) is 5. The van der Waals surface area contributed by atoms with Gasteiger partial charge in [-0.3, -0.25) is 9.69 Å². The van der Waals surface area contributed by atoms with E-state index in [0.717, 1.165) is 25.4 Å². The van der Waals surface area contributed by atoms with E-state index in [4.69, 9.17) is 25.8 Å². The first-order valence-electron chi connectivity index (χ1n) is 9.22. The maximum Gasteiger partial charge on any atom is 0.257 e. The number of hydrogen-bond donors (Lipinski definition) is 0. The molecule has 0 unspecified atom stereocenters. The second-order valence-electron chi connectivity index (χ2n) is 6.50. The maximum absolute atomic E-state index is 12.9. The lowest BCUT2D eigenvalue weighted by Gasteiger charge is -2.34. The molecule has 2 aromatic rings. The van der Waals surface area contributed by atoms with Gasteiger partial charge in [0.2, 0.25) is 0 Å². The van der Waals surface area contributed by atoms with Crippen LogP contribution in [0, 0.1) is 0 Å². The quantitative estimate of drug-likeness (QED) is 0.709. The zero-order valence-corrected chi connectivity index (χ0v) is 16.9. The van der Waals surface area contributed by atoms with Crippen molar-refractivity contribution in [2.24, 2.45) is 0 Å². The maximum atomic E-state index is 12.9. The lowest BCUT2D eigenvalue weighted by atomic mass is 10.1. The van der Waals surface area contributed by atoms with Gasteiger partial charge in [0.1, 0.15) is 23.9 Å². The molecule has 0 N–H and O–H groups in total. The molecule has 1 aliphatic rings. The molecule has 1 heterocycles. The van der Waals surface area contributed by atoms with Crippen LogP contribution < -0.4 is 14.2 Å². The minimum atomic E-state index is -0.0344. The van der Waals surface area contributed by atoms with Crippen LogP contribution in [0.5, 0.6) is 17.2 Å². The molecular weight excluding hydrogens is 380 g/mol. The summed E-state index contributed by atoms with van der Waals surface area (Å²) >= 11 is 5.88. The van der Waals surface area contributed by atoms with E-state index in [1.54, 1.807) is 32.4 Å².